The average Bonchev–Trinajstić information content (AvgIpc) is 2.69. The molecular formula is C21H24FN3O2. The Balaban J connectivity index is 1.51. The Morgan fingerprint density at radius 2 is 1.81 bits per heavy atom. The summed E-state index contributed by atoms with van der Waals surface area (Å²) in [5, 5.41) is 5.71. The molecule has 1 aliphatic rings. The number of halogens is 1. The third kappa shape index (κ3) is 5.29. The smallest absolute Gasteiger partial charge is 0.321 e. The molecule has 1 aliphatic heterocycles. The van der Waals surface area contributed by atoms with Gasteiger partial charge in [0.25, 0.3) is 0 Å². The summed E-state index contributed by atoms with van der Waals surface area (Å²) in [5.41, 5.74) is 2.77. The number of urea groups is 1. The number of aryl methyl sites for hydroxylation is 1. The van der Waals surface area contributed by atoms with E-state index >= 15 is 0 Å². The zero-order chi connectivity index (χ0) is 19.2. The fourth-order valence-electron chi connectivity index (χ4n) is 3.15. The molecule has 3 amide bonds. The van der Waals surface area contributed by atoms with E-state index in [1.165, 1.54) is 29.8 Å². The second kappa shape index (κ2) is 8.66. The van der Waals surface area contributed by atoms with E-state index in [-0.39, 0.29) is 23.7 Å². The third-order valence-electron chi connectivity index (χ3n) is 4.76. The van der Waals surface area contributed by atoms with Crippen LogP contribution in [0.5, 0.6) is 0 Å². The highest BCUT2D eigenvalue weighted by Gasteiger charge is 2.28. The Bertz CT molecular complexity index is 790. The number of hydrogen-bond acceptors (Lipinski definition) is 2. The van der Waals surface area contributed by atoms with Crippen LogP contribution in [0.15, 0.2) is 48.5 Å². The number of amides is 3. The Hall–Kier alpha value is -2.89. The van der Waals surface area contributed by atoms with Gasteiger partial charge in [0.05, 0.1) is 5.92 Å². The highest BCUT2D eigenvalue weighted by Crippen LogP contribution is 2.18. The largest absolute Gasteiger partial charge is 0.352 e. The minimum atomic E-state index is -0.351. The Morgan fingerprint density at radius 1 is 1.11 bits per heavy atom. The first-order valence-electron chi connectivity index (χ1n) is 9.16. The molecule has 6 heteroatoms. The van der Waals surface area contributed by atoms with Gasteiger partial charge in [0.15, 0.2) is 0 Å². The highest BCUT2D eigenvalue weighted by atomic mass is 19.1. The first-order chi connectivity index (χ1) is 13.0. The van der Waals surface area contributed by atoms with Crippen LogP contribution in [-0.2, 0) is 11.3 Å². The molecule has 2 aromatic carbocycles. The van der Waals surface area contributed by atoms with Crippen molar-refractivity contribution in [2.24, 2.45) is 5.92 Å². The van der Waals surface area contributed by atoms with Crippen molar-refractivity contribution in [3.8, 4) is 0 Å². The van der Waals surface area contributed by atoms with Crippen molar-refractivity contribution in [2.45, 2.75) is 26.3 Å². The number of carbonyl (C=O) groups is 2. The lowest BCUT2D eigenvalue weighted by Gasteiger charge is -2.32. The maximum absolute atomic E-state index is 13.0. The fourth-order valence-corrected chi connectivity index (χ4v) is 3.15. The van der Waals surface area contributed by atoms with Crippen LogP contribution in [0.2, 0.25) is 0 Å². The molecule has 0 spiro atoms. The average molecular weight is 369 g/mol. The maximum atomic E-state index is 13.0. The predicted octanol–water partition coefficient (Wildman–Crippen LogP) is 3.69. The quantitative estimate of drug-likeness (QED) is 0.863. The van der Waals surface area contributed by atoms with Crippen molar-refractivity contribution in [1.29, 1.82) is 0 Å². The molecule has 1 heterocycles. The number of carbonyl (C=O) groups excluding carboxylic acids is 2. The summed E-state index contributed by atoms with van der Waals surface area (Å²) in [7, 11) is 0. The van der Waals surface area contributed by atoms with E-state index in [0.29, 0.717) is 25.3 Å². The molecule has 0 aliphatic carbocycles. The normalized spacial score (nSPS) is 16.7. The van der Waals surface area contributed by atoms with Crippen molar-refractivity contribution in [1.82, 2.24) is 10.2 Å². The lowest BCUT2D eigenvalue weighted by atomic mass is 9.97. The number of rotatable bonds is 4. The minimum absolute atomic E-state index is 0.0325. The van der Waals surface area contributed by atoms with E-state index in [1.54, 1.807) is 4.90 Å². The lowest BCUT2D eigenvalue weighted by molar-refractivity contribution is -0.126. The summed E-state index contributed by atoms with van der Waals surface area (Å²) in [4.78, 5) is 26.6. The van der Waals surface area contributed by atoms with Gasteiger partial charge in [0, 0.05) is 25.3 Å². The van der Waals surface area contributed by atoms with Crippen molar-refractivity contribution in [3.63, 3.8) is 0 Å². The van der Waals surface area contributed by atoms with Crippen molar-refractivity contribution < 1.29 is 14.0 Å². The Kier molecular flexibility index (Phi) is 6.06. The van der Waals surface area contributed by atoms with E-state index < -0.39 is 0 Å². The molecule has 142 valence electrons. The van der Waals surface area contributed by atoms with Crippen LogP contribution in [0.3, 0.4) is 0 Å². The predicted molar refractivity (Wildman–Crippen MR) is 103 cm³/mol. The Morgan fingerprint density at radius 3 is 2.52 bits per heavy atom. The van der Waals surface area contributed by atoms with E-state index in [9.17, 15) is 14.0 Å². The van der Waals surface area contributed by atoms with Gasteiger partial charge < -0.3 is 15.5 Å². The van der Waals surface area contributed by atoms with Gasteiger partial charge in [-0.15, -0.1) is 0 Å². The molecule has 0 aromatic heterocycles. The van der Waals surface area contributed by atoms with E-state index in [0.717, 1.165) is 18.4 Å². The SMILES string of the molecule is Cc1ccc(CNC(=O)[C@H]2CCCN(C(=O)Nc3ccc(F)cc3)C2)cc1. The summed E-state index contributed by atoms with van der Waals surface area (Å²) >= 11 is 0. The van der Waals surface area contributed by atoms with Gasteiger partial charge >= 0.3 is 6.03 Å². The maximum Gasteiger partial charge on any atom is 0.321 e. The second-order valence-corrected chi connectivity index (χ2v) is 6.93. The zero-order valence-corrected chi connectivity index (χ0v) is 15.4. The highest BCUT2D eigenvalue weighted by molar-refractivity contribution is 5.90. The van der Waals surface area contributed by atoms with Gasteiger partial charge in [0.1, 0.15) is 5.82 Å². The molecule has 2 N–H and O–H groups in total. The second-order valence-electron chi connectivity index (χ2n) is 6.93. The third-order valence-corrected chi connectivity index (χ3v) is 4.76. The van der Waals surface area contributed by atoms with E-state index in [1.807, 2.05) is 31.2 Å². The summed E-state index contributed by atoms with van der Waals surface area (Å²) in [6.45, 7) is 3.49. The fraction of sp³-hybridized carbons (Fsp3) is 0.333. The molecule has 5 nitrogen and oxygen atoms in total. The molecule has 1 fully saturated rings. The van der Waals surface area contributed by atoms with Gasteiger partial charge in [-0.3, -0.25) is 4.79 Å². The van der Waals surface area contributed by atoms with Gasteiger partial charge in [-0.1, -0.05) is 29.8 Å². The molecule has 1 saturated heterocycles. The summed E-state index contributed by atoms with van der Waals surface area (Å²) in [5.74, 6) is -0.602. The van der Waals surface area contributed by atoms with Crippen LogP contribution in [0.1, 0.15) is 24.0 Å². The molecule has 27 heavy (non-hydrogen) atoms. The topological polar surface area (TPSA) is 61.4 Å². The Labute approximate surface area is 158 Å². The van der Waals surface area contributed by atoms with E-state index in [2.05, 4.69) is 10.6 Å². The molecule has 0 radical (unpaired) electrons. The molecule has 3 rings (SSSR count). The standard InChI is InChI=1S/C21H24FN3O2/c1-15-4-6-16(7-5-15)13-23-20(26)17-3-2-12-25(14-17)21(27)24-19-10-8-18(22)9-11-19/h4-11,17H,2-3,12-14H2,1H3,(H,23,26)(H,24,27)/t17-/m0/s1. The molecule has 0 unspecified atom stereocenters. The van der Waals surface area contributed by atoms with Crippen LogP contribution in [0.4, 0.5) is 14.9 Å². The summed E-state index contributed by atoms with van der Waals surface area (Å²) in [6, 6.07) is 13.4. The number of likely N-dealkylation sites (tertiary alicyclic amines) is 1. The number of benzene rings is 2. The molecule has 2 aromatic rings. The van der Waals surface area contributed by atoms with Gasteiger partial charge in [-0.2, -0.15) is 0 Å². The van der Waals surface area contributed by atoms with Crippen molar-refractivity contribution >= 4 is 17.6 Å². The number of anilines is 1. The van der Waals surface area contributed by atoms with Crippen LogP contribution >= 0.6 is 0 Å². The monoisotopic (exact) mass is 369 g/mol. The van der Waals surface area contributed by atoms with Crippen molar-refractivity contribution in [2.75, 3.05) is 18.4 Å². The molecule has 1 atom stereocenters. The van der Waals surface area contributed by atoms with Gasteiger partial charge in [-0.25, -0.2) is 9.18 Å². The molecular weight excluding hydrogens is 345 g/mol. The number of nitrogens with one attached hydrogen (secondary N) is 2. The van der Waals surface area contributed by atoms with Gasteiger partial charge in [-0.05, 0) is 49.6 Å². The number of nitrogens with zero attached hydrogens (tertiary/aromatic N) is 1. The van der Waals surface area contributed by atoms with Crippen LogP contribution in [0.25, 0.3) is 0 Å². The molecule has 0 bridgehead atoms. The van der Waals surface area contributed by atoms with Gasteiger partial charge in [0.2, 0.25) is 5.91 Å². The van der Waals surface area contributed by atoms with Crippen molar-refractivity contribution in [3.05, 3.63) is 65.5 Å². The first-order valence-corrected chi connectivity index (χ1v) is 9.16. The van der Waals surface area contributed by atoms with E-state index in [4.69, 9.17) is 0 Å². The zero-order valence-electron chi connectivity index (χ0n) is 15.4. The van der Waals surface area contributed by atoms with Crippen LogP contribution in [0, 0.1) is 18.7 Å². The van der Waals surface area contributed by atoms with Crippen LogP contribution in [-0.4, -0.2) is 29.9 Å². The number of piperidine rings is 1. The molecule has 0 saturated carbocycles. The summed E-state index contributed by atoms with van der Waals surface area (Å²) < 4.78 is 13.0. The van der Waals surface area contributed by atoms with Crippen LogP contribution < -0.4 is 10.6 Å². The minimum Gasteiger partial charge on any atom is -0.352 e. The first kappa shape index (κ1) is 18.9. The number of hydrogen-bond donors (Lipinski definition) is 2. The lowest BCUT2D eigenvalue weighted by Crippen LogP contribution is -2.46. The summed E-state index contributed by atoms with van der Waals surface area (Å²) in [6.07, 6.45) is 1.54.